The molecule has 3 rings (SSSR count). The number of hydrogen-bond donors (Lipinski definition) is 1. The van der Waals surface area contributed by atoms with Crippen molar-refractivity contribution in [3.8, 4) is 17.3 Å². The van der Waals surface area contributed by atoms with E-state index in [1.54, 1.807) is 37.4 Å². The van der Waals surface area contributed by atoms with Gasteiger partial charge in [-0.05, 0) is 18.2 Å². The zero-order chi connectivity index (χ0) is 17.1. The summed E-state index contributed by atoms with van der Waals surface area (Å²) in [5.41, 5.74) is 8.26. The lowest BCUT2D eigenvalue weighted by Gasteiger charge is -2.12. The predicted octanol–water partition coefficient (Wildman–Crippen LogP) is 1.56. The molecule has 24 heavy (non-hydrogen) atoms. The van der Waals surface area contributed by atoms with E-state index in [-0.39, 0.29) is 11.3 Å². The Morgan fingerprint density at radius 3 is 2.96 bits per heavy atom. The van der Waals surface area contributed by atoms with Gasteiger partial charge in [-0.2, -0.15) is 5.26 Å². The monoisotopic (exact) mass is 321 g/mol. The Bertz CT molecular complexity index is 1000. The van der Waals surface area contributed by atoms with Crippen molar-refractivity contribution in [3.63, 3.8) is 0 Å². The van der Waals surface area contributed by atoms with Crippen LogP contribution in [0.2, 0.25) is 0 Å². The first-order valence-electron chi connectivity index (χ1n) is 7.30. The number of aromatic nitrogens is 3. The van der Waals surface area contributed by atoms with Crippen molar-refractivity contribution in [2.45, 2.75) is 6.54 Å². The number of fused-ring (bicyclic) bond motifs is 1. The summed E-state index contributed by atoms with van der Waals surface area (Å²) >= 11 is 0. The molecule has 0 aliphatic carbocycles. The molecule has 0 atom stereocenters. The number of rotatable bonds is 4. The molecule has 7 heteroatoms. The standard InChI is InChI=1S/C17H15N5O2/c1-24-8-7-22-16-15(13(19)5-6-20-16)21-14(17(22)23)12-4-2-3-11(9-12)10-18/h2-6,9H,7-8H2,1H3,(H2,19,20). The van der Waals surface area contributed by atoms with Gasteiger partial charge in [0.25, 0.3) is 5.56 Å². The summed E-state index contributed by atoms with van der Waals surface area (Å²) in [6, 6.07) is 10.4. The highest BCUT2D eigenvalue weighted by atomic mass is 16.5. The number of hydrogen-bond acceptors (Lipinski definition) is 6. The molecule has 0 saturated heterocycles. The third kappa shape index (κ3) is 2.71. The van der Waals surface area contributed by atoms with Gasteiger partial charge in [0, 0.05) is 18.9 Å². The van der Waals surface area contributed by atoms with E-state index in [0.29, 0.717) is 41.1 Å². The van der Waals surface area contributed by atoms with E-state index in [1.807, 2.05) is 0 Å². The maximum absolute atomic E-state index is 12.9. The fraction of sp³-hybridized carbons (Fsp3) is 0.176. The number of methoxy groups -OCH3 is 1. The Balaban J connectivity index is 2.32. The minimum absolute atomic E-state index is 0.232. The van der Waals surface area contributed by atoms with E-state index in [9.17, 15) is 4.79 Å². The number of anilines is 1. The summed E-state index contributed by atoms with van der Waals surface area (Å²) < 4.78 is 6.58. The Kier molecular flexibility index (Phi) is 4.22. The molecule has 2 heterocycles. The van der Waals surface area contributed by atoms with Gasteiger partial charge < -0.3 is 10.5 Å². The van der Waals surface area contributed by atoms with Gasteiger partial charge in [-0.15, -0.1) is 0 Å². The first kappa shape index (κ1) is 15.6. The number of nitriles is 1. The van der Waals surface area contributed by atoms with Crippen LogP contribution in [0.25, 0.3) is 22.4 Å². The molecule has 0 saturated carbocycles. The third-order valence-corrected chi connectivity index (χ3v) is 3.65. The molecule has 0 aliphatic heterocycles. The van der Waals surface area contributed by atoms with Crippen LogP contribution in [-0.2, 0) is 11.3 Å². The van der Waals surface area contributed by atoms with Gasteiger partial charge in [-0.25, -0.2) is 9.97 Å². The lowest BCUT2D eigenvalue weighted by atomic mass is 10.1. The first-order chi connectivity index (χ1) is 11.7. The average Bonchev–Trinajstić information content (AvgIpc) is 2.61. The summed E-state index contributed by atoms with van der Waals surface area (Å²) in [4.78, 5) is 21.5. The molecule has 0 radical (unpaired) electrons. The molecule has 7 nitrogen and oxygen atoms in total. The SMILES string of the molecule is COCCn1c(=O)c(-c2cccc(C#N)c2)nc2c(N)ccnc21. The van der Waals surface area contributed by atoms with Crippen LogP contribution in [0.1, 0.15) is 5.56 Å². The third-order valence-electron chi connectivity index (χ3n) is 3.65. The van der Waals surface area contributed by atoms with E-state index >= 15 is 0 Å². The molecular formula is C17H15N5O2. The van der Waals surface area contributed by atoms with Gasteiger partial charge in [0.1, 0.15) is 11.2 Å². The van der Waals surface area contributed by atoms with Crippen molar-refractivity contribution in [2.75, 3.05) is 19.5 Å². The molecule has 120 valence electrons. The molecule has 0 spiro atoms. The van der Waals surface area contributed by atoms with Gasteiger partial charge in [-0.1, -0.05) is 12.1 Å². The maximum atomic E-state index is 12.9. The van der Waals surface area contributed by atoms with Crippen molar-refractivity contribution < 1.29 is 4.74 Å². The van der Waals surface area contributed by atoms with Crippen LogP contribution >= 0.6 is 0 Å². The lowest BCUT2D eigenvalue weighted by Crippen LogP contribution is -2.26. The molecule has 0 unspecified atom stereocenters. The van der Waals surface area contributed by atoms with E-state index in [1.165, 1.54) is 10.8 Å². The highest BCUT2D eigenvalue weighted by Crippen LogP contribution is 2.21. The fourth-order valence-electron chi connectivity index (χ4n) is 2.47. The highest BCUT2D eigenvalue weighted by molar-refractivity contribution is 5.85. The van der Waals surface area contributed by atoms with Gasteiger partial charge in [0.2, 0.25) is 0 Å². The largest absolute Gasteiger partial charge is 0.397 e. The molecule has 0 amide bonds. The summed E-state index contributed by atoms with van der Waals surface area (Å²) in [5.74, 6) is 0. The number of nitrogens with zero attached hydrogens (tertiary/aromatic N) is 4. The number of nitrogen functional groups attached to an aromatic ring is 1. The Hall–Kier alpha value is -3.24. The molecular weight excluding hydrogens is 306 g/mol. The van der Waals surface area contributed by atoms with Crippen molar-refractivity contribution in [3.05, 3.63) is 52.4 Å². The molecule has 0 fully saturated rings. The van der Waals surface area contributed by atoms with E-state index in [0.717, 1.165) is 0 Å². The second-order valence-corrected chi connectivity index (χ2v) is 5.18. The number of ether oxygens (including phenoxy) is 1. The number of pyridine rings is 1. The molecule has 2 N–H and O–H groups in total. The highest BCUT2D eigenvalue weighted by Gasteiger charge is 2.15. The minimum atomic E-state index is -0.298. The van der Waals surface area contributed by atoms with Crippen LogP contribution in [-0.4, -0.2) is 28.3 Å². The Morgan fingerprint density at radius 2 is 2.21 bits per heavy atom. The fourth-order valence-corrected chi connectivity index (χ4v) is 2.47. The van der Waals surface area contributed by atoms with Crippen molar-refractivity contribution in [1.82, 2.24) is 14.5 Å². The quantitative estimate of drug-likeness (QED) is 0.781. The average molecular weight is 321 g/mol. The first-order valence-corrected chi connectivity index (χ1v) is 7.30. The molecule has 0 aliphatic rings. The van der Waals surface area contributed by atoms with Crippen molar-refractivity contribution in [2.24, 2.45) is 0 Å². The van der Waals surface area contributed by atoms with Crippen molar-refractivity contribution >= 4 is 16.9 Å². The van der Waals surface area contributed by atoms with Crippen molar-refractivity contribution in [1.29, 1.82) is 5.26 Å². The van der Waals surface area contributed by atoms with E-state index < -0.39 is 0 Å². The second kappa shape index (κ2) is 6.48. The van der Waals surface area contributed by atoms with E-state index in [2.05, 4.69) is 16.0 Å². The van der Waals surface area contributed by atoms with Crippen LogP contribution in [0.15, 0.2) is 41.3 Å². The van der Waals surface area contributed by atoms with Crippen LogP contribution in [0.5, 0.6) is 0 Å². The smallest absolute Gasteiger partial charge is 0.278 e. The zero-order valence-electron chi connectivity index (χ0n) is 13.1. The maximum Gasteiger partial charge on any atom is 0.278 e. The van der Waals surface area contributed by atoms with Crippen LogP contribution in [0.3, 0.4) is 0 Å². The number of nitrogens with two attached hydrogens (primary N) is 1. The molecule has 3 aromatic rings. The molecule has 0 bridgehead atoms. The summed E-state index contributed by atoms with van der Waals surface area (Å²) in [5, 5.41) is 9.06. The topological polar surface area (TPSA) is 107 Å². The molecule has 1 aromatic carbocycles. The minimum Gasteiger partial charge on any atom is -0.397 e. The second-order valence-electron chi connectivity index (χ2n) is 5.18. The van der Waals surface area contributed by atoms with Gasteiger partial charge in [0.15, 0.2) is 5.65 Å². The van der Waals surface area contributed by atoms with Gasteiger partial charge >= 0.3 is 0 Å². The normalized spacial score (nSPS) is 10.7. The van der Waals surface area contributed by atoms with Crippen LogP contribution in [0, 0.1) is 11.3 Å². The van der Waals surface area contributed by atoms with Crippen LogP contribution in [0.4, 0.5) is 5.69 Å². The van der Waals surface area contributed by atoms with Gasteiger partial charge in [-0.3, -0.25) is 9.36 Å². The van der Waals surface area contributed by atoms with Gasteiger partial charge in [0.05, 0.1) is 30.5 Å². The zero-order valence-corrected chi connectivity index (χ0v) is 13.1. The molecule has 2 aromatic heterocycles. The summed E-state index contributed by atoms with van der Waals surface area (Å²) in [6.07, 6.45) is 1.54. The Labute approximate surface area is 138 Å². The summed E-state index contributed by atoms with van der Waals surface area (Å²) in [6.45, 7) is 0.683. The summed E-state index contributed by atoms with van der Waals surface area (Å²) in [7, 11) is 1.56. The lowest BCUT2D eigenvalue weighted by molar-refractivity contribution is 0.187. The number of benzene rings is 1. The predicted molar refractivity (Wildman–Crippen MR) is 90.2 cm³/mol. The van der Waals surface area contributed by atoms with E-state index in [4.69, 9.17) is 15.7 Å². The van der Waals surface area contributed by atoms with Crippen LogP contribution < -0.4 is 11.3 Å². The Morgan fingerprint density at radius 1 is 1.38 bits per heavy atom.